The van der Waals surface area contributed by atoms with Crippen molar-refractivity contribution in [1.82, 2.24) is 0 Å². The number of aliphatic hydroxyl groups is 1. The van der Waals surface area contributed by atoms with E-state index in [4.69, 9.17) is 16.3 Å². The molecule has 1 N–H and O–H groups in total. The lowest BCUT2D eigenvalue weighted by molar-refractivity contribution is -0.274. The Bertz CT molecular complexity index is 1200. The molecule has 3 aromatic carbocycles. The van der Waals surface area contributed by atoms with Crippen molar-refractivity contribution < 1.29 is 32.5 Å². The molecule has 3 aromatic rings. The number of hydrogen-bond acceptors (Lipinski definition) is 4. The van der Waals surface area contributed by atoms with E-state index in [0.29, 0.717) is 16.4 Å². The summed E-state index contributed by atoms with van der Waals surface area (Å²) in [6.07, 6.45) is -4.93. The van der Waals surface area contributed by atoms with Gasteiger partial charge in [0.25, 0.3) is 0 Å². The Morgan fingerprint density at radius 2 is 1.66 bits per heavy atom. The van der Waals surface area contributed by atoms with Crippen LogP contribution in [0.25, 0.3) is 0 Å². The number of alkyl halides is 3. The molecule has 0 aliphatic carbocycles. The first-order valence-corrected chi connectivity index (χ1v) is 11.0. The SMILES string of the molecule is COCC1N(c2ccc(C)cc2)C(=O)N(c2ccc(Cl)cc2)C1(O)c1cccc(OC(F)(F)F)c1. The zero-order valence-corrected chi connectivity index (χ0v) is 19.5. The highest BCUT2D eigenvalue weighted by molar-refractivity contribution is 6.30. The van der Waals surface area contributed by atoms with Crippen molar-refractivity contribution in [3.05, 3.63) is 88.9 Å². The van der Waals surface area contributed by atoms with Gasteiger partial charge in [0.05, 0.1) is 6.61 Å². The van der Waals surface area contributed by atoms with Crippen LogP contribution in [0.2, 0.25) is 5.02 Å². The van der Waals surface area contributed by atoms with E-state index in [0.717, 1.165) is 22.6 Å². The molecule has 6 nitrogen and oxygen atoms in total. The lowest BCUT2D eigenvalue weighted by atomic mass is 9.93. The van der Waals surface area contributed by atoms with Gasteiger partial charge >= 0.3 is 12.4 Å². The van der Waals surface area contributed by atoms with E-state index in [1.807, 2.05) is 19.1 Å². The number of rotatable bonds is 6. The molecular weight excluding hydrogens is 485 g/mol. The predicted molar refractivity (Wildman–Crippen MR) is 126 cm³/mol. The van der Waals surface area contributed by atoms with Gasteiger partial charge < -0.3 is 14.6 Å². The van der Waals surface area contributed by atoms with Gasteiger partial charge in [-0.3, -0.25) is 9.80 Å². The van der Waals surface area contributed by atoms with Crippen LogP contribution in [0.1, 0.15) is 11.1 Å². The molecule has 0 saturated carbocycles. The number of nitrogens with zero attached hydrogens (tertiary/aromatic N) is 2. The second-order valence-corrected chi connectivity index (χ2v) is 8.51. The Morgan fingerprint density at radius 1 is 1.03 bits per heavy atom. The van der Waals surface area contributed by atoms with Gasteiger partial charge in [-0.25, -0.2) is 4.79 Å². The lowest BCUT2D eigenvalue weighted by Gasteiger charge is -2.37. The molecule has 1 aliphatic rings. The van der Waals surface area contributed by atoms with Gasteiger partial charge in [-0.05, 0) is 55.5 Å². The summed E-state index contributed by atoms with van der Waals surface area (Å²) in [4.78, 5) is 16.4. The van der Waals surface area contributed by atoms with Crippen molar-refractivity contribution in [2.24, 2.45) is 0 Å². The Labute approximate surface area is 205 Å². The number of methoxy groups -OCH3 is 1. The fourth-order valence-corrected chi connectivity index (χ4v) is 4.33. The molecule has 1 fully saturated rings. The first kappa shape index (κ1) is 24.8. The van der Waals surface area contributed by atoms with Gasteiger partial charge in [0.1, 0.15) is 11.8 Å². The molecule has 0 aromatic heterocycles. The van der Waals surface area contributed by atoms with Crippen molar-refractivity contribution in [1.29, 1.82) is 0 Å². The van der Waals surface area contributed by atoms with Gasteiger partial charge in [0.15, 0.2) is 5.72 Å². The van der Waals surface area contributed by atoms with Crippen molar-refractivity contribution >= 4 is 29.0 Å². The maximum absolute atomic E-state index is 13.9. The molecule has 0 spiro atoms. The minimum atomic E-state index is -4.93. The molecule has 2 atom stereocenters. The molecule has 2 amide bonds. The highest BCUT2D eigenvalue weighted by Gasteiger charge is 2.59. The summed E-state index contributed by atoms with van der Waals surface area (Å²) < 4.78 is 48.2. The Kier molecular flexibility index (Phi) is 6.68. The van der Waals surface area contributed by atoms with Gasteiger partial charge in [0, 0.05) is 29.1 Å². The predicted octanol–water partition coefficient (Wildman–Crippen LogP) is 5.85. The van der Waals surface area contributed by atoms with Gasteiger partial charge in [-0.1, -0.05) is 41.4 Å². The average Bonchev–Trinajstić information content (AvgIpc) is 3.02. The van der Waals surface area contributed by atoms with Crippen LogP contribution >= 0.6 is 11.6 Å². The number of amides is 2. The molecule has 0 radical (unpaired) electrons. The molecular formula is C25H22ClF3N2O4. The van der Waals surface area contributed by atoms with Crippen LogP contribution in [0.15, 0.2) is 72.8 Å². The average molecular weight is 507 g/mol. The molecule has 1 aliphatic heterocycles. The highest BCUT2D eigenvalue weighted by Crippen LogP contribution is 2.45. The first-order chi connectivity index (χ1) is 16.5. The van der Waals surface area contributed by atoms with Crippen molar-refractivity contribution in [3.8, 4) is 5.75 Å². The zero-order valence-electron chi connectivity index (χ0n) is 18.8. The number of carbonyl (C=O) groups excluding carboxylic acids is 1. The number of ether oxygens (including phenoxy) is 2. The van der Waals surface area contributed by atoms with Crippen LogP contribution in [0.3, 0.4) is 0 Å². The summed E-state index contributed by atoms with van der Waals surface area (Å²) in [6.45, 7) is 1.77. The number of hydrogen-bond donors (Lipinski definition) is 1. The number of carbonyl (C=O) groups is 1. The van der Waals surface area contributed by atoms with Crippen LogP contribution in [-0.2, 0) is 10.5 Å². The fourth-order valence-electron chi connectivity index (χ4n) is 4.20. The molecule has 4 rings (SSSR count). The molecule has 35 heavy (non-hydrogen) atoms. The summed E-state index contributed by atoms with van der Waals surface area (Å²) in [5.41, 5.74) is -0.374. The normalized spacial score (nSPS) is 20.4. The van der Waals surface area contributed by atoms with Gasteiger partial charge in [-0.2, -0.15) is 0 Å². The van der Waals surface area contributed by atoms with E-state index in [-0.39, 0.29) is 12.2 Å². The largest absolute Gasteiger partial charge is 0.573 e. The Balaban J connectivity index is 1.92. The van der Waals surface area contributed by atoms with E-state index in [1.54, 1.807) is 36.4 Å². The van der Waals surface area contributed by atoms with Crippen molar-refractivity contribution in [2.45, 2.75) is 25.1 Å². The van der Waals surface area contributed by atoms with E-state index in [1.165, 1.54) is 24.1 Å². The smallest absolute Gasteiger partial charge is 0.406 e. The molecule has 10 heteroatoms. The topological polar surface area (TPSA) is 62.2 Å². The van der Waals surface area contributed by atoms with Crippen LogP contribution in [0.4, 0.5) is 29.3 Å². The second kappa shape index (κ2) is 9.41. The van der Waals surface area contributed by atoms with E-state index < -0.39 is 29.9 Å². The maximum atomic E-state index is 13.9. The minimum Gasteiger partial charge on any atom is -0.406 e. The summed E-state index contributed by atoms with van der Waals surface area (Å²) in [5, 5.41) is 12.6. The molecule has 2 unspecified atom stereocenters. The number of halogens is 4. The third-order valence-electron chi connectivity index (χ3n) is 5.73. The number of aryl methyl sites for hydroxylation is 1. The van der Waals surface area contributed by atoms with Gasteiger partial charge in [-0.15, -0.1) is 13.2 Å². The molecule has 1 heterocycles. The van der Waals surface area contributed by atoms with Crippen molar-refractivity contribution in [2.75, 3.05) is 23.5 Å². The number of urea groups is 1. The Hall–Kier alpha value is -3.27. The summed E-state index contributed by atoms with van der Waals surface area (Å²) in [5.74, 6) is -0.531. The molecule has 1 saturated heterocycles. The lowest BCUT2D eigenvalue weighted by Crippen LogP contribution is -2.51. The van der Waals surface area contributed by atoms with E-state index in [9.17, 15) is 23.1 Å². The minimum absolute atomic E-state index is 0.0132. The number of anilines is 2. The quantitative estimate of drug-likeness (QED) is 0.455. The monoisotopic (exact) mass is 506 g/mol. The first-order valence-electron chi connectivity index (χ1n) is 10.6. The number of benzene rings is 3. The van der Waals surface area contributed by atoms with Gasteiger partial charge in [0.2, 0.25) is 0 Å². The summed E-state index contributed by atoms with van der Waals surface area (Å²) in [7, 11) is 1.41. The third-order valence-corrected chi connectivity index (χ3v) is 5.98. The van der Waals surface area contributed by atoms with Crippen molar-refractivity contribution in [3.63, 3.8) is 0 Å². The standard InChI is InChI=1S/C25H22ClF3N2O4/c1-16-6-10-19(11-7-16)30-22(15-34-2)24(33,17-4-3-5-21(14-17)35-25(27,28)29)31(23(30)32)20-12-8-18(26)9-13-20/h3-14,22,33H,15H2,1-2H3. The van der Waals surface area contributed by atoms with Crippen LogP contribution in [0.5, 0.6) is 5.75 Å². The maximum Gasteiger partial charge on any atom is 0.573 e. The zero-order chi connectivity index (χ0) is 25.4. The summed E-state index contributed by atoms with van der Waals surface area (Å²) >= 11 is 6.02. The second-order valence-electron chi connectivity index (χ2n) is 8.07. The highest BCUT2D eigenvalue weighted by atomic mass is 35.5. The van der Waals surface area contributed by atoms with E-state index in [2.05, 4.69) is 4.74 Å². The molecule has 184 valence electrons. The fraction of sp³-hybridized carbons (Fsp3) is 0.240. The van der Waals surface area contributed by atoms with E-state index >= 15 is 0 Å². The Morgan fingerprint density at radius 3 is 2.26 bits per heavy atom. The van der Waals surface area contributed by atoms with Crippen LogP contribution in [-0.4, -0.2) is 37.3 Å². The summed E-state index contributed by atoms with van der Waals surface area (Å²) in [6, 6.07) is 16.6. The molecule has 0 bridgehead atoms. The van der Waals surface area contributed by atoms with Crippen LogP contribution in [0, 0.1) is 6.92 Å². The van der Waals surface area contributed by atoms with Crippen LogP contribution < -0.4 is 14.5 Å². The third kappa shape index (κ3) is 4.80.